The zero-order chi connectivity index (χ0) is 16.9. The van der Waals surface area contributed by atoms with Gasteiger partial charge >= 0.3 is 0 Å². The van der Waals surface area contributed by atoms with Crippen molar-refractivity contribution in [1.82, 2.24) is 4.90 Å². The van der Waals surface area contributed by atoms with Crippen LogP contribution in [0.5, 0.6) is 0 Å². The van der Waals surface area contributed by atoms with Gasteiger partial charge in [0.25, 0.3) is 0 Å². The van der Waals surface area contributed by atoms with E-state index in [2.05, 4.69) is 6.07 Å². The lowest BCUT2D eigenvalue weighted by atomic mass is 9.90. The van der Waals surface area contributed by atoms with E-state index in [4.69, 9.17) is 9.68 Å². The number of carbonyl (C=O) groups excluding carboxylic acids is 1. The number of furan rings is 1. The van der Waals surface area contributed by atoms with Crippen LogP contribution in [0, 0.1) is 24.2 Å². The van der Waals surface area contributed by atoms with Crippen LogP contribution in [0.15, 0.2) is 47.1 Å². The van der Waals surface area contributed by atoms with E-state index in [1.165, 1.54) is 5.56 Å². The monoisotopic (exact) mass is 322 g/mol. The molecular weight excluding hydrogens is 300 g/mol. The molecule has 24 heavy (non-hydrogen) atoms. The highest BCUT2D eigenvalue weighted by Gasteiger charge is 2.30. The quantitative estimate of drug-likeness (QED) is 0.863. The second-order valence-corrected chi connectivity index (χ2v) is 6.48. The number of piperidine rings is 1. The van der Waals surface area contributed by atoms with E-state index in [0.29, 0.717) is 19.5 Å². The first-order valence-corrected chi connectivity index (χ1v) is 8.44. The van der Waals surface area contributed by atoms with Gasteiger partial charge in [0.05, 0.1) is 18.3 Å². The maximum atomic E-state index is 13.1. The second kappa shape index (κ2) is 7.35. The van der Waals surface area contributed by atoms with Crippen LogP contribution in [0.1, 0.15) is 35.6 Å². The number of nitrogens with zero attached hydrogens (tertiary/aromatic N) is 2. The van der Waals surface area contributed by atoms with E-state index in [1.54, 1.807) is 6.26 Å². The fourth-order valence-corrected chi connectivity index (χ4v) is 3.23. The largest absolute Gasteiger partial charge is 0.469 e. The Morgan fingerprint density at radius 1 is 1.29 bits per heavy atom. The summed E-state index contributed by atoms with van der Waals surface area (Å²) in [6, 6.07) is 14.2. The predicted octanol–water partition coefficient (Wildman–Crippen LogP) is 3.68. The zero-order valence-electron chi connectivity index (χ0n) is 13.9. The van der Waals surface area contributed by atoms with Crippen molar-refractivity contribution in [3.63, 3.8) is 0 Å². The molecule has 1 atom stereocenters. The molecule has 3 rings (SSSR count). The average molecular weight is 322 g/mol. The van der Waals surface area contributed by atoms with Crippen molar-refractivity contribution < 1.29 is 9.21 Å². The lowest BCUT2D eigenvalue weighted by Gasteiger charge is -2.32. The van der Waals surface area contributed by atoms with Crippen LogP contribution in [0.4, 0.5) is 0 Å². The second-order valence-electron chi connectivity index (χ2n) is 6.48. The van der Waals surface area contributed by atoms with Gasteiger partial charge in [-0.3, -0.25) is 4.79 Å². The Bertz CT molecular complexity index is 705. The minimum absolute atomic E-state index is 0.0805. The third-order valence-corrected chi connectivity index (χ3v) is 4.75. The first-order valence-electron chi connectivity index (χ1n) is 8.44. The Morgan fingerprint density at radius 2 is 2.00 bits per heavy atom. The molecule has 1 fully saturated rings. The smallest absolute Gasteiger partial charge is 0.230 e. The summed E-state index contributed by atoms with van der Waals surface area (Å²) < 4.78 is 5.47. The summed E-state index contributed by atoms with van der Waals surface area (Å²) in [5, 5.41) is 9.03. The maximum Gasteiger partial charge on any atom is 0.230 e. The molecule has 2 heterocycles. The molecule has 0 N–H and O–H groups in total. The van der Waals surface area contributed by atoms with Gasteiger partial charge in [0, 0.05) is 25.4 Å². The van der Waals surface area contributed by atoms with Crippen molar-refractivity contribution >= 4 is 5.91 Å². The van der Waals surface area contributed by atoms with Gasteiger partial charge in [-0.1, -0.05) is 29.8 Å². The molecule has 0 saturated carbocycles. The maximum absolute atomic E-state index is 13.1. The SMILES string of the molecule is Cc1ccc(C(Cc2ccco2)C(=O)N2CCC(C#N)CC2)cc1. The van der Waals surface area contributed by atoms with E-state index in [1.807, 2.05) is 48.2 Å². The molecule has 0 bridgehead atoms. The van der Waals surface area contributed by atoms with Gasteiger partial charge in [-0.25, -0.2) is 0 Å². The number of nitriles is 1. The summed E-state index contributed by atoms with van der Waals surface area (Å²) in [6.45, 7) is 3.37. The van der Waals surface area contributed by atoms with Crippen LogP contribution in [0.25, 0.3) is 0 Å². The van der Waals surface area contributed by atoms with E-state index in [9.17, 15) is 4.79 Å². The highest BCUT2D eigenvalue weighted by molar-refractivity contribution is 5.84. The Morgan fingerprint density at radius 3 is 2.58 bits per heavy atom. The topological polar surface area (TPSA) is 57.2 Å². The normalized spacial score (nSPS) is 16.6. The van der Waals surface area contributed by atoms with Crippen molar-refractivity contribution in [2.45, 2.75) is 32.1 Å². The van der Waals surface area contributed by atoms with Crippen molar-refractivity contribution in [3.8, 4) is 6.07 Å². The van der Waals surface area contributed by atoms with E-state index in [-0.39, 0.29) is 17.7 Å². The third-order valence-electron chi connectivity index (χ3n) is 4.75. The van der Waals surface area contributed by atoms with Crippen LogP contribution in [-0.4, -0.2) is 23.9 Å². The molecule has 4 nitrogen and oxygen atoms in total. The molecule has 1 amide bonds. The van der Waals surface area contributed by atoms with E-state index < -0.39 is 0 Å². The van der Waals surface area contributed by atoms with Gasteiger partial charge in [0.2, 0.25) is 5.91 Å². The molecule has 0 radical (unpaired) electrons. The molecule has 1 saturated heterocycles. The number of aryl methyl sites for hydroxylation is 1. The van der Waals surface area contributed by atoms with Gasteiger partial charge in [0.15, 0.2) is 0 Å². The van der Waals surface area contributed by atoms with Gasteiger partial charge in [0.1, 0.15) is 5.76 Å². The molecule has 4 heteroatoms. The molecule has 1 unspecified atom stereocenters. The molecule has 0 spiro atoms. The summed E-state index contributed by atoms with van der Waals surface area (Å²) >= 11 is 0. The number of hydrogen-bond acceptors (Lipinski definition) is 3. The number of benzene rings is 1. The molecule has 1 aliphatic rings. The summed E-state index contributed by atoms with van der Waals surface area (Å²) in [7, 11) is 0. The van der Waals surface area contributed by atoms with Crippen LogP contribution in [-0.2, 0) is 11.2 Å². The van der Waals surface area contributed by atoms with Gasteiger partial charge < -0.3 is 9.32 Å². The number of hydrogen-bond donors (Lipinski definition) is 0. The third kappa shape index (κ3) is 3.68. The van der Waals surface area contributed by atoms with Gasteiger partial charge in [-0.2, -0.15) is 5.26 Å². The molecule has 2 aromatic rings. The molecule has 124 valence electrons. The van der Waals surface area contributed by atoms with E-state index >= 15 is 0 Å². The van der Waals surface area contributed by atoms with Crippen LogP contribution in [0.3, 0.4) is 0 Å². The van der Waals surface area contributed by atoms with Crippen molar-refractivity contribution in [1.29, 1.82) is 5.26 Å². The van der Waals surface area contributed by atoms with Gasteiger partial charge in [-0.05, 0) is 37.5 Å². The minimum atomic E-state index is -0.240. The fraction of sp³-hybridized carbons (Fsp3) is 0.400. The predicted molar refractivity (Wildman–Crippen MR) is 91.2 cm³/mol. The molecule has 1 aromatic heterocycles. The van der Waals surface area contributed by atoms with Crippen LogP contribution >= 0.6 is 0 Å². The van der Waals surface area contributed by atoms with Gasteiger partial charge in [-0.15, -0.1) is 0 Å². The zero-order valence-corrected chi connectivity index (χ0v) is 13.9. The first kappa shape index (κ1) is 16.3. The molecule has 1 aliphatic heterocycles. The highest BCUT2D eigenvalue weighted by Crippen LogP contribution is 2.27. The summed E-state index contributed by atoms with van der Waals surface area (Å²) in [6.07, 6.45) is 3.74. The minimum Gasteiger partial charge on any atom is -0.469 e. The van der Waals surface area contributed by atoms with Crippen molar-refractivity contribution in [2.24, 2.45) is 5.92 Å². The van der Waals surface area contributed by atoms with Crippen molar-refractivity contribution in [2.75, 3.05) is 13.1 Å². The molecular formula is C20H22N2O2. The number of rotatable bonds is 4. The standard InChI is InChI=1S/C20H22N2O2/c1-15-4-6-17(7-5-15)19(13-18-3-2-12-24-18)20(23)22-10-8-16(14-21)9-11-22/h2-7,12,16,19H,8-11,13H2,1H3. The Labute approximate surface area is 142 Å². The molecule has 0 aliphatic carbocycles. The summed E-state index contributed by atoms with van der Waals surface area (Å²) in [4.78, 5) is 15.0. The Kier molecular flexibility index (Phi) is 5.00. The summed E-state index contributed by atoms with van der Waals surface area (Å²) in [5.41, 5.74) is 2.20. The lowest BCUT2D eigenvalue weighted by Crippen LogP contribution is -2.41. The van der Waals surface area contributed by atoms with Crippen LogP contribution in [0.2, 0.25) is 0 Å². The van der Waals surface area contributed by atoms with Crippen LogP contribution < -0.4 is 0 Å². The fourth-order valence-electron chi connectivity index (χ4n) is 3.23. The number of amides is 1. The first-order chi connectivity index (χ1) is 11.7. The van der Waals surface area contributed by atoms with Crippen molar-refractivity contribution in [3.05, 3.63) is 59.5 Å². The number of carbonyl (C=O) groups is 1. The average Bonchev–Trinajstić information content (AvgIpc) is 3.13. The number of likely N-dealkylation sites (tertiary alicyclic amines) is 1. The molecule has 1 aromatic carbocycles. The van der Waals surface area contributed by atoms with E-state index in [0.717, 1.165) is 24.2 Å². The summed E-state index contributed by atoms with van der Waals surface area (Å²) in [5.74, 6) is 0.791. The Balaban J connectivity index is 1.80. The highest BCUT2D eigenvalue weighted by atomic mass is 16.3. The Hall–Kier alpha value is -2.54. The lowest BCUT2D eigenvalue weighted by molar-refractivity contribution is -0.134.